The maximum Gasteiger partial charge on any atom is 0.142 e. The Bertz CT molecular complexity index is 851. The van der Waals surface area contributed by atoms with Crippen molar-refractivity contribution in [2.24, 2.45) is 23.7 Å². The fourth-order valence-corrected chi connectivity index (χ4v) is 6.82. The molecule has 154 valence electrons. The van der Waals surface area contributed by atoms with Crippen LogP contribution in [0.25, 0.3) is 0 Å². The van der Waals surface area contributed by atoms with Gasteiger partial charge in [-0.05, 0) is 80.4 Å². The van der Waals surface area contributed by atoms with E-state index in [9.17, 15) is 0 Å². The zero-order valence-electron chi connectivity index (χ0n) is 17.0. The van der Waals surface area contributed by atoms with E-state index in [1.807, 2.05) is 6.07 Å². The number of halogens is 2. The molecule has 4 bridgehead atoms. The molecular formula is C25H29Cl2NO. The third-order valence-electron chi connectivity index (χ3n) is 7.34. The number of rotatable bonds is 6. The van der Waals surface area contributed by atoms with Gasteiger partial charge in [0.1, 0.15) is 12.4 Å². The summed E-state index contributed by atoms with van der Waals surface area (Å²) in [6, 6.07) is 12.8. The second kappa shape index (κ2) is 8.13. The average Bonchev–Trinajstić information content (AvgIpc) is 2.67. The van der Waals surface area contributed by atoms with Crippen molar-refractivity contribution in [1.29, 1.82) is 0 Å². The van der Waals surface area contributed by atoms with Crippen molar-refractivity contribution in [3.8, 4) is 5.75 Å². The fourth-order valence-electron chi connectivity index (χ4n) is 6.23. The average molecular weight is 430 g/mol. The molecule has 4 aliphatic carbocycles. The van der Waals surface area contributed by atoms with Crippen molar-refractivity contribution >= 4 is 23.2 Å². The summed E-state index contributed by atoms with van der Waals surface area (Å²) in [5.41, 5.74) is 3.45. The molecule has 0 aliphatic heterocycles. The molecule has 29 heavy (non-hydrogen) atoms. The summed E-state index contributed by atoms with van der Waals surface area (Å²) < 4.78 is 6.18. The van der Waals surface area contributed by atoms with Crippen molar-refractivity contribution < 1.29 is 4.74 Å². The molecule has 4 saturated carbocycles. The number of aryl methyl sites for hydroxylation is 1. The molecule has 4 aliphatic rings. The molecule has 4 heteroatoms. The first-order chi connectivity index (χ1) is 14.0. The molecule has 2 aromatic rings. The summed E-state index contributed by atoms with van der Waals surface area (Å²) in [6.45, 7) is 3.36. The zero-order valence-corrected chi connectivity index (χ0v) is 18.5. The highest BCUT2D eigenvalue weighted by molar-refractivity contribution is 6.35. The summed E-state index contributed by atoms with van der Waals surface area (Å²) in [5.74, 6) is 4.43. The summed E-state index contributed by atoms with van der Waals surface area (Å²) in [4.78, 5) is 0. The van der Waals surface area contributed by atoms with Gasteiger partial charge < -0.3 is 10.1 Å². The van der Waals surface area contributed by atoms with E-state index in [2.05, 4.69) is 36.5 Å². The van der Waals surface area contributed by atoms with E-state index in [-0.39, 0.29) is 0 Å². The van der Waals surface area contributed by atoms with E-state index in [0.29, 0.717) is 22.7 Å². The summed E-state index contributed by atoms with van der Waals surface area (Å²) in [7, 11) is 0. The van der Waals surface area contributed by atoms with Crippen LogP contribution >= 0.6 is 23.2 Å². The van der Waals surface area contributed by atoms with Crippen LogP contribution in [-0.2, 0) is 13.2 Å². The molecule has 4 fully saturated rings. The van der Waals surface area contributed by atoms with Gasteiger partial charge >= 0.3 is 0 Å². The highest BCUT2D eigenvalue weighted by Gasteiger charge is 2.47. The van der Waals surface area contributed by atoms with E-state index in [1.54, 1.807) is 6.07 Å². The lowest BCUT2D eigenvalue weighted by molar-refractivity contribution is -0.0143. The second-order valence-corrected chi connectivity index (χ2v) is 10.3. The monoisotopic (exact) mass is 429 g/mol. The molecule has 0 unspecified atom stereocenters. The van der Waals surface area contributed by atoms with Crippen LogP contribution in [0.15, 0.2) is 36.4 Å². The Kier molecular flexibility index (Phi) is 5.53. The maximum absolute atomic E-state index is 6.53. The molecule has 0 aromatic heterocycles. The fraction of sp³-hybridized carbons (Fsp3) is 0.520. The van der Waals surface area contributed by atoms with Crippen LogP contribution in [0.1, 0.15) is 48.8 Å². The van der Waals surface area contributed by atoms with Gasteiger partial charge in [0.2, 0.25) is 0 Å². The van der Waals surface area contributed by atoms with Gasteiger partial charge in [0.05, 0.1) is 5.02 Å². The molecule has 0 amide bonds. The highest BCUT2D eigenvalue weighted by atomic mass is 35.5. The summed E-state index contributed by atoms with van der Waals surface area (Å²) in [6.07, 6.45) is 7.14. The Balaban J connectivity index is 1.29. The van der Waals surface area contributed by atoms with Gasteiger partial charge in [-0.2, -0.15) is 0 Å². The van der Waals surface area contributed by atoms with Crippen LogP contribution in [0.3, 0.4) is 0 Å². The largest absolute Gasteiger partial charge is 0.487 e. The minimum atomic E-state index is 0.507. The smallest absolute Gasteiger partial charge is 0.142 e. The topological polar surface area (TPSA) is 21.3 Å². The van der Waals surface area contributed by atoms with Gasteiger partial charge in [0.25, 0.3) is 0 Å². The minimum absolute atomic E-state index is 0.507. The van der Waals surface area contributed by atoms with Crippen molar-refractivity contribution in [3.63, 3.8) is 0 Å². The van der Waals surface area contributed by atoms with Gasteiger partial charge in [-0.25, -0.2) is 0 Å². The third kappa shape index (κ3) is 4.17. The van der Waals surface area contributed by atoms with Crippen molar-refractivity contribution in [2.45, 2.75) is 58.2 Å². The molecule has 0 spiro atoms. The van der Waals surface area contributed by atoms with Gasteiger partial charge in [0, 0.05) is 23.2 Å². The Hall–Kier alpha value is -1.22. The first kappa shape index (κ1) is 19.7. The van der Waals surface area contributed by atoms with Crippen LogP contribution in [0, 0.1) is 30.6 Å². The Labute approximate surface area is 183 Å². The third-order valence-corrected chi connectivity index (χ3v) is 7.84. The van der Waals surface area contributed by atoms with Crippen LogP contribution < -0.4 is 10.1 Å². The molecule has 0 heterocycles. The van der Waals surface area contributed by atoms with Crippen LogP contribution in [0.4, 0.5) is 0 Å². The van der Waals surface area contributed by atoms with Crippen molar-refractivity contribution in [1.82, 2.24) is 5.32 Å². The predicted octanol–water partition coefficient (Wildman–Crippen LogP) is 6.80. The lowest BCUT2D eigenvalue weighted by Gasteiger charge is -2.54. The lowest BCUT2D eigenvalue weighted by Crippen LogP contribution is -2.54. The molecule has 2 aromatic carbocycles. The Morgan fingerprint density at radius 1 is 0.931 bits per heavy atom. The highest BCUT2D eigenvalue weighted by Crippen LogP contribution is 2.53. The van der Waals surface area contributed by atoms with Gasteiger partial charge in [-0.3, -0.25) is 0 Å². The first-order valence-electron chi connectivity index (χ1n) is 10.9. The predicted molar refractivity (Wildman–Crippen MR) is 120 cm³/mol. The number of nitrogens with one attached hydrogen (secondary N) is 1. The SMILES string of the molecule is Cc1ccc(COc2c(Cl)cc(Cl)cc2CNC2C3CC4CC(C3)CC2C4)cc1. The minimum Gasteiger partial charge on any atom is -0.487 e. The molecular weight excluding hydrogens is 401 g/mol. The molecule has 1 N–H and O–H groups in total. The van der Waals surface area contributed by atoms with Crippen LogP contribution in [-0.4, -0.2) is 6.04 Å². The first-order valence-corrected chi connectivity index (χ1v) is 11.7. The van der Waals surface area contributed by atoms with Crippen molar-refractivity contribution in [2.75, 3.05) is 0 Å². The Morgan fingerprint density at radius 3 is 2.24 bits per heavy atom. The normalized spacial score (nSPS) is 30.0. The van der Waals surface area contributed by atoms with E-state index < -0.39 is 0 Å². The maximum atomic E-state index is 6.53. The lowest BCUT2D eigenvalue weighted by atomic mass is 9.54. The summed E-state index contributed by atoms with van der Waals surface area (Å²) in [5, 5.41) is 5.14. The van der Waals surface area contributed by atoms with Gasteiger partial charge in [0.15, 0.2) is 0 Å². The van der Waals surface area contributed by atoms with E-state index in [0.717, 1.165) is 47.1 Å². The van der Waals surface area contributed by atoms with Crippen LogP contribution in [0.2, 0.25) is 10.0 Å². The Morgan fingerprint density at radius 2 is 1.59 bits per heavy atom. The zero-order chi connectivity index (χ0) is 20.0. The molecule has 0 saturated heterocycles. The van der Waals surface area contributed by atoms with Crippen LogP contribution in [0.5, 0.6) is 5.75 Å². The quantitative estimate of drug-likeness (QED) is 0.545. The van der Waals surface area contributed by atoms with Gasteiger partial charge in [-0.15, -0.1) is 0 Å². The number of hydrogen-bond acceptors (Lipinski definition) is 2. The number of ether oxygens (including phenoxy) is 1. The molecule has 0 atom stereocenters. The van der Waals surface area contributed by atoms with E-state index >= 15 is 0 Å². The number of hydrogen-bond donors (Lipinski definition) is 1. The number of benzene rings is 2. The van der Waals surface area contributed by atoms with Crippen molar-refractivity contribution in [3.05, 3.63) is 63.1 Å². The molecule has 6 rings (SSSR count). The van der Waals surface area contributed by atoms with E-state index in [4.69, 9.17) is 27.9 Å². The molecule has 0 radical (unpaired) electrons. The standard InChI is InChI=1S/C25H29Cl2NO/c1-15-2-4-16(5-3-15)14-29-25-21(11-22(26)12-23(25)27)13-28-24-19-7-17-6-18(9-19)10-20(24)8-17/h2-5,11-12,17-20,24,28H,6-10,13-14H2,1H3. The summed E-state index contributed by atoms with van der Waals surface area (Å²) >= 11 is 12.9. The van der Waals surface area contributed by atoms with E-state index in [1.165, 1.54) is 37.7 Å². The molecule has 2 nitrogen and oxygen atoms in total. The van der Waals surface area contributed by atoms with Gasteiger partial charge in [-0.1, -0.05) is 53.0 Å². The second-order valence-electron chi connectivity index (χ2n) is 9.49.